The largest absolute Gasteiger partial charge is 0.368 e. The summed E-state index contributed by atoms with van der Waals surface area (Å²) in [5.74, 6) is 0.774. The van der Waals surface area contributed by atoms with Crippen molar-refractivity contribution in [2.45, 2.75) is 6.92 Å². The molecule has 4 rings (SSSR count). The molecule has 3 aromatic carbocycles. The van der Waals surface area contributed by atoms with E-state index >= 15 is 0 Å². The number of nitrogen functional groups attached to an aromatic ring is 1. The van der Waals surface area contributed by atoms with E-state index in [2.05, 4.69) is 31.2 Å². The van der Waals surface area contributed by atoms with E-state index in [0.29, 0.717) is 17.9 Å². The van der Waals surface area contributed by atoms with Crippen molar-refractivity contribution in [3.05, 3.63) is 76.8 Å². The van der Waals surface area contributed by atoms with Crippen LogP contribution in [0, 0.1) is 0 Å². The van der Waals surface area contributed by atoms with Crippen molar-refractivity contribution in [2.75, 3.05) is 31.7 Å². The summed E-state index contributed by atoms with van der Waals surface area (Å²) in [6, 6.07) is 21.4. The molecule has 3 N–H and O–H groups in total. The zero-order chi connectivity index (χ0) is 23.5. The SMILES string of the molecule is CCN(C(=O)c1cccc(-c2ccc3nc(N)nc(Nc4cccc(Br)c4)c3c2)c1)N(C)C. The summed E-state index contributed by atoms with van der Waals surface area (Å²) in [7, 11) is 3.72. The summed E-state index contributed by atoms with van der Waals surface area (Å²) in [6.45, 7) is 2.55. The molecule has 0 spiro atoms. The van der Waals surface area contributed by atoms with Crippen molar-refractivity contribution in [1.29, 1.82) is 0 Å². The lowest BCUT2D eigenvalue weighted by atomic mass is 10.0. The molecule has 0 bridgehead atoms. The average Bonchev–Trinajstić information content (AvgIpc) is 2.79. The topological polar surface area (TPSA) is 87.4 Å². The minimum Gasteiger partial charge on any atom is -0.368 e. The molecule has 1 amide bonds. The second kappa shape index (κ2) is 9.56. The third-order valence-electron chi connectivity index (χ3n) is 5.26. The van der Waals surface area contributed by atoms with Gasteiger partial charge in [-0.1, -0.05) is 40.2 Å². The molecule has 33 heavy (non-hydrogen) atoms. The highest BCUT2D eigenvalue weighted by Gasteiger charge is 2.17. The number of hydrogen-bond acceptors (Lipinski definition) is 6. The fourth-order valence-electron chi connectivity index (χ4n) is 3.71. The van der Waals surface area contributed by atoms with Crippen LogP contribution in [0.15, 0.2) is 71.2 Å². The molecular weight excluding hydrogens is 480 g/mol. The number of carbonyl (C=O) groups is 1. The number of rotatable bonds is 6. The molecule has 1 aromatic heterocycles. The molecule has 4 aromatic rings. The Kier molecular flexibility index (Phi) is 6.57. The van der Waals surface area contributed by atoms with Gasteiger partial charge in [-0.3, -0.25) is 9.80 Å². The molecule has 0 aliphatic carbocycles. The van der Waals surface area contributed by atoms with Gasteiger partial charge in [0.15, 0.2) is 0 Å². The first-order valence-electron chi connectivity index (χ1n) is 10.5. The van der Waals surface area contributed by atoms with E-state index in [-0.39, 0.29) is 11.9 Å². The van der Waals surface area contributed by atoms with Crippen molar-refractivity contribution in [3.63, 3.8) is 0 Å². The molecule has 0 unspecified atom stereocenters. The number of fused-ring (bicyclic) bond motifs is 1. The molecule has 0 fully saturated rings. The van der Waals surface area contributed by atoms with Gasteiger partial charge in [-0.2, -0.15) is 4.98 Å². The number of amides is 1. The molecule has 0 saturated heterocycles. The maximum Gasteiger partial charge on any atom is 0.268 e. The van der Waals surface area contributed by atoms with E-state index in [4.69, 9.17) is 5.73 Å². The smallest absolute Gasteiger partial charge is 0.268 e. The van der Waals surface area contributed by atoms with E-state index in [9.17, 15) is 4.79 Å². The van der Waals surface area contributed by atoms with Crippen molar-refractivity contribution in [1.82, 2.24) is 20.0 Å². The highest BCUT2D eigenvalue weighted by Crippen LogP contribution is 2.30. The van der Waals surface area contributed by atoms with Gasteiger partial charge in [0.2, 0.25) is 5.95 Å². The third kappa shape index (κ3) is 4.97. The highest BCUT2D eigenvalue weighted by atomic mass is 79.9. The number of hydrogen-bond donors (Lipinski definition) is 2. The average molecular weight is 505 g/mol. The van der Waals surface area contributed by atoms with E-state index < -0.39 is 0 Å². The Labute approximate surface area is 201 Å². The number of carbonyl (C=O) groups excluding carboxylic acids is 1. The van der Waals surface area contributed by atoms with Gasteiger partial charge < -0.3 is 11.1 Å². The number of aromatic nitrogens is 2. The molecule has 1 heterocycles. The fraction of sp³-hybridized carbons (Fsp3) is 0.160. The molecule has 0 aliphatic heterocycles. The molecule has 7 nitrogen and oxygen atoms in total. The summed E-state index contributed by atoms with van der Waals surface area (Å²) in [5.41, 5.74) is 10.1. The minimum absolute atomic E-state index is 0.0433. The predicted molar refractivity (Wildman–Crippen MR) is 137 cm³/mol. The van der Waals surface area contributed by atoms with Crippen molar-refractivity contribution in [3.8, 4) is 11.1 Å². The molecule has 8 heteroatoms. The molecule has 0 aliphatic rings. The van der Waals surface area contributed by atoms with Gasteiger partial charge in [0, 0.05) is 41.7 Å². The van der Waals surface area contributed by atoms with Crippen molar-refractivity contribution in [2.24, 2.45) is 0 Å². The Morgan fingerprint density at radius 3 is 2.48 bits per heavy atom. The van der Waals surface area contributed by atoms with Crippen LogP contribution in [0.25, 0.3) is 22.0 Å². The normalized spacial score (nSPS) is 11.1. The first kappa shape index (κ1) is 22.7. The second-order valence-corrected chi connectivity index (χ2v) is 8.66. The lowest BCUT2D eigenvalue weighted by Gasteiger charge is -2.27. The lowest BCUT2D eigenvalue weighted by molar-refractivity contribution is 0.0230. The highest BCUT2D eigenvalue weighted by molar-refractivity contribution is 9.10. The first-order chi connectivity index (χ1) is 15.9. The van der Waals surface area contributed by atoms with E-state index in [1.54, 1.807) is 10.0 Å². The Morgan fingerprint density at radius 1 is 1.00 bits per heavy atom. The summed E-state index contributed by atoms with van der Waals surface area (Å²) >= 11 is 3.49. The van der Waals surface area contributed by atoms with Crippen LogP contribution in [-0.4, -0.2) is 46.5 Å². The molecule has 0 saturated carbocycles. The molecule has 0 radical (unpaired) electrons. The number of nitrogens with zero attached hydrogens (tertiary/aromatic N) is 4. The summed E-state index contributed by atoms with van der Waals surface area (Å²) in [5, 5.41) is 7.67. The summed E-state index contributed by atoms with van der Waals surface area (Å²) < 4.78 is 0.958. The minimum atomic E-state index is -0.0433. The van der Waals surface area contributed by atoms with Gasteiger partial charge in [-0.15, -0.1) is 0 Å². The number of anilines is 3. The van der Waals surface area contributed by atoms with Crippen LogP contribution in [0.2, 0.25) is 0 Å². The lowest BCUT2D eigenvalue weighted by Crippen LogP contribution is -2.41. The predicted octanol–water partition coefficient (Wildman–Crippen LogP) is 5.32. The van der Waals surface area contributed by atoms with Crippen LogP contribution in [0.1, 0.15) is 17.3 Å². The van der Waals surface area contributed by atoms with Gasteiger partial charge in [-0.05, 0) is 60.5 Å². The van der Waals surface area contributed by atoms with Crippen molar-refractivity contribution < 1.29 is 4.79 Å². The maximum absolute atomic E-state index is 13.0. The Balaban J connectivity index is 1.75. The fourth-order valence-corrected chi connectivity index (χ4v) is 4.11. The zero-order valence-corrected chi connectivity index (χ0v) is 20.3. The third-order valence-corrected chi connectivity index (χ3v) is 5.75. The number of nitrogens with one attached hydrogen (secondary N) is 1. The van der Waals surface area contributed by atoms with Gasteiger partial charge in [0.1, 0.15) is 5.82 Å². The number of hydrazine groups is 1. The zero-order valence-electron chi connectivity index (χ0n) is 18.7. The molecular formula is C25H25BrN6O. The molecule has 0 atom stereocenters. The van der Waals surface area contributed by atoms with Crippen molar-refractivity contribution >= 4 is 50.2 Å². The molecule has 168 valence electrons. The van der Waals surface area contributed by atoms with Gasteiger partial charge in [-0.25, -0.2) is 9.99 Å². The van der Waals surface area contributed by atoms with Crippen LogP contribution in [0.3, 0.4) is 0 Å². The summed E-state index contributed by atoms with van der Waals surface area (Å²) in [4.78, 5) is 21.8. The Morgan fingerprint density at radius 2 is 1.76 bits per heavy atom. The van der Waals surface area contributed by atoms with Gasteiger partial charge in [0.25, 0.3) is 5.91 Å². The standard InChI is InChI=1S/C25H25BrN6O/c1-4-32(31(2)3)24(33)18-8-5-7-16(13-18)17-11-12-22-21(14-17)23(30-25(27)29-22)28-20-10-6-9-19(26)15-20/h5-15H,4H2,1-3H3,(H3,27,28,29,30). The Hall–Kier alpha value is -3.49. The van der Waals surface area contributed by atoms with Gasteiger partial charge in [0.05, 0.1) is 5.52 Å². The van der Waals surface area contributed by atoms with Crippen LogP contribution >= 0.6 is 15.9 Å². The number of halogens is 1. The van der Waals surface area contributed by atoms with Gasteiger partial charge >= 0.3 is 0 Å². The van der Waals surface area contributed by atoms with Crippen LogP contribution in [0.4, 0.5) is 17.5 Å². The number of nitrogens with two attached hydrogens (primary N) is 1. The maximum atomic E-state index is 13.0. The number of benzene rings is 3. The summed E-state index contributed by atoms with van der Waals surface area (Å²) in [6.07, 6.45) is 0. The monoisotopic (exact) mass is 504 g/mol. The van der Waals surface area contributed by atoms with E-state index in [1.807, 2.05) is 87.7 Å². The van der Waals surface area contributed by atoms with E-state index in [0.717, 1.165) is 32.2 Å². The second-order valence-electron chi connectivity index (χ2n) is 7.75. The first-order valence-corrected chi connectivity index (χ1v) is 11.3. The Bertz CT molecular complexity index is 1320. The quantitative estimate of drug-likeness (QED) is 0.345. The van der Waals surface area contributed by atoms with E-state index in [1.165, 1.54) is 0 Å². The van der Waals surface area contributed by atoms with Crippen LogP contribution in [-0.2, 0) is 0 Å². The van der Waals surface area contributed by atoms with Crippen LogP contribution < -0.4 is 11.1 Å². The van der Waals surface area contributed by atoms with Crippen LogP contribution in [0.5, 0.6) is 0 Å².